The Kier molecular flexibility index (Phi) is 6.85. The molecule has 2 rings (SSSR count). The molecule has 20 heteroatoms. The first-order chi connectivity index (χ1) is 13.0. The van der Waals surface area contributed by atoms with E-state index in [1.807, 2.05) is 0 Å². The molecule has 0 radical (unpaired) electrons. The number of phosphoric ester groups is 1. The van der Waals surface area contributed by atoms with Crippen molar-refractivity contribution < 1.29 is 59.9 Å². The Bertz CT molecular complexity index is 1040. The Labute approximate surface area is 158 Å². The van der Waals surface area contributed by atoms with Crippen LogP contribution in [0.4, 0.5) is 8.78 Å². The number of phosphoric acid groups is 3. The summed E-state index contributed by atoms with van der Waals surface area (Å²) in [6, 6.07) is 0. The fraction of sp³-hybridized carbons (Fsp3) is 0.556. The molecule has 0 bridgehead atoms. The number of halogens is 2. The van der Waals surface area contributed by atoms with Gasteiger partial charge >= 0.3 is 29.2 Å². The van der Waals surface area contributed by atoms with Gasteiger partial charge in [-0.15, -0.1) is 0 Å². The Hall–Kier alpha value is -1.09. The lowest BCUT2D eigenvalue weighted by atomic mass is 10.2. The molecule has 0 saturated carbocycles. The Morgan fingerprint density at radius 1 is 1.21 bits per heavy atom. The summed E-state index contributed by atoms with van der Waals surface area (Å²) in [7, 11) is -17.0. The number of hydrogen-bond donors (Lipinski definition) is 5. The number of aromatic nitrogens is 2. The van der Waals surface area contributed by atoms with E-state index in [-0.39, 0.29) is 6.42 Å². The highest BCUT2D eigenvalue weighted by atomic mass is 31.3. The normalized spacial score (nSPS) is 26.8. The molecule has 1 aliphatic rings. The van der Waals surface area contributed by atoms with Crippen LogP contribution in [-0.2, 0) is 31.6 Å². The van der Waals surface area contributed by atoms with E-state index in [2.05, 4.69) is 13.1 Å². The van der Waals surface area contributed by atoms with E-state index < -0.39 is 65.6 Å². The topological polar surface area (TPSA) is 224 Å². The third-order valence-corrected chi connectivity index (χ3v) is 6.99. The second-order valence-corrected chi connectivity index (χ2v) is 9.92. The highest BCUT2D eigenvalue weighted by Gasteiger charge is 2.46. The first-order valence-corrected chi connectivity index (χ1v) is 11.7. The molecule has 29 heavy (non-hydrogen) atoms. The summed E-state index contributed by atoms with van der Waals surface area (Å²) in [5.74, 6) is -4.22. The van der Waals surface area contributed by atoms with Crippen LogP contribution >= 0.6 is 23.5 Å². The maximum Gasteiger partial charge on any atom is 0.490 e. The summed E-state index contributed by atoms with van der Waals surface area (Å²) >= 11 is 0. The predicted molar refractivity (Wildman–Crippen MR) is 84.3 cm³/mol. The minimum atomic E-state index is -5.78. The number of nitrogens with zero attached hydrogens (tertiary/aromatic N) is 1. The Balaban J connectivity index is 2.04. The molecule has 2 unspecified atom stereocenters. The molecule has 0 amide bonds. The molecule has 1 aliphatic heterocycles. The van der Waals surface area contributed by atoms with E-state index in [0.29, 0.717) is 10.8 Å². The quantitative estimate of drug-likeness (QED) is 0.304. The highest BCUT2D eigenvalue weighted by molar-refractivity contribution is 7.66. The smallest absolute Gasteiger partial charge is 0.320 e. The number of alkyl halides is 1. The van der Waals surface area contributed by atoms with Crippen molar-refractivity contribution in [3.8, 4) is 0 Å². The van der Waals surface area contributed by atoms with Gasteiger partial charge in [-0.05, 0) is 6.42 Å². The predicted octanol–water partition coefficient (Wildman–Crippen LogP) is -0.00620. The first-order valence-electron chi connectivity index (χ1n) is 7.17. The van der Waals surface area contributed by atoms with E-state index in [9.17, 15) is 37.0 Å². The van der Waals surface area contributed by atoms with Gasteiger partial charge in [0.25, 0.3) is 5.56 Å². The van der Waals surface area contributed by atoms with Gasteiger partial charge in [0.1, 0.15) is 12.8 Å². The second kappa shape index (κ2) is 8.21. The van der Waals surface area contributed by atoms with Crippen molar-refractivity contribution in [2.75, 3.05) is 6.61 Å². The van der Waals surface area contributed by atoms with Gasteiger partial charge in [0.15, 0.2) is 0 Å². The fourth-order valence-corrected chi connectivity index (χ4v) is 5.21. The molecule has 0 aliphatic carbocycles. The van der Waals surface area contributed by atoms with E-state index in [4.69, 9.17) is 19.4 Å². The maximum atomic E-state index is 14.6. The highest BCUT2D eigenvalue weighted by Crippen LogP contribution is 2.66. The maximum absolute atomic E-state index is 14.6. The number of rotatable bonds is 8. The van der Waals surface area contributed by atoms with Gasteiger partial charge in [-0.1, -0.05) is 0 Å². The van der Waals surface area contributed by atoms with Crippen LogP contribution in [0.15, 0.2) is 15.8 Å². The average molecular weight is 488 g/mol. The number of nitrogens with one attached hydrogen (secondary N) is 1. The molecule has 2 heterocycles. The zero-order valence-corrected chi connectivity index (χ0v) is 16.5. The van der Waals surface area contributed by atoms with Gasteiger partial charge in [0.2, 0.25) is 11.7 Å². The standard InChI is InChI=1S/C9H13F2N2O13P3/c10-5-3-13(8(15)12-7(5)14)6-1-2-9(11,24-6)4-23-28(19,20)26-29(21,22)25-27(16,17)18/h3,6H,1-2,4H2,(H,19,20)(H,21,22)(H,12,14,15)(H2,16,17,18)/t6-,9+/m1/s1. The summed E-state index contributed by atoms with van der Waals surface area (Å²) in [6.45, 7) is -1.41. The van der Waals surface area contributed by atoms with E-state index in [0.717, 1.165) is 0 Å². The fourth-order valence-electron chi connectivity index (χ4n) is 2.16. The van der Waals surface area contributed by atoms with Crippen molar-refractivity contribution in [1.29, 1.82) is 0 Å². The summed E-state index contributed by atoms with van der Waals surface area (Å²) in [5, 5.41) is 0. The van der Waals surface area contributed by atoms with E-state index >= 15 is 0 Å². The first kappa shape index (κ1) is 24.2. The van der Waals surface area contributed by atoms with Gasteiger partial charge in [0.05, 0.1) is 6.20 Å². The molecular formula is C9H13F2N2O13P3. The Morgan fingerprint density at radius 3 is 2.41 bits per heavy atom. The summed E-state index contributed by atoms with van der Waals surface area (Å²) in [4.78, 5) is 59.3. The van der Waals surface area contributed by atoms with Gasteiger partial charge < -0.3 is 24.3 Å². The van der Waals surface area contributed by atoms with Crippen molar-refractivity contribution in [3.05, 3.63) is 32.9 Å². The third kappa shape index (κ3) is 6.98. The van der Waals surface area contributed by atoms with Crippen LogP contribution in [-0.4, -0.2) is 41.6 Å². The Morgan fingerprint density at radius 2 is 1.83 bits per heavy atom. The minimum Gasteiger partial charge on any atom is -0.320 e. The van der Waals surface area contributed by atoms with Gasteiger partial charge in [-0.3, -0.25) is 18.9 Å². The van der Waals surface area contributed by atoms with E-state index in [1.165, 1.54) is 0 Å². The van der Waals surface area contributed by atoms with Crippen LogP contribution in [0.3, 0.4) is 0 Å². The summed E-state index contributed by atoms with van der Waals surface area (Å²) in [5.41, 5.74) is -2.44. The van der Waals surface area contributed by atoms with E-state index in [1.54, 1.807) is 4.98 Å². The van der Waals surface area contributed by atoms with Gasteiger partial charge in [-0.2, -0.15) is 13.0 Å². The van der Waals surface area contributed by atoms with Crippen LogP contribution in [0.25, 0.3) is 0 Å². The van der Waals surface area contributed by atoms with Crippen molar-refractivity contribution in [2.24, 2.45) is 0 Å². The molecule has 1 saturated heterocycles. The molecular weight excluding hydrogens is 475 g/mol. The second-order valence-electron chi connectivity index (χ2n) is 5.50. The van der Waals surface area contributed by atoms with Crippen LogP contribution in [0.5, 0.6) is 0 Å². The van der Waals surface area contributed by atoms with Crippen molar-refractivity contribution >= 4 is 23.5 Å². The summed E-state index contributed by atoms with van der Waals surface area (Å²) < 4.78 is 77.5. The SMILES string of the molecule is O=c1[nH]c(=O)n([C@H]2CC[C@@](F)(COP(=O)(O)OP(=O)(O)OP(=O)(O)O)O2)cc1F. The van der Waals surface area contributed by atoms with Crippen LogP contribution in [0, 0.1) is 5.82 Å². The monoisotopic (exact) mass is 488 g/mol. The molecule has 0 spiro atoms. The third-order valence-electron chi connectivity index (χ3n) is 3.21. The van der Waals surface area contributed by atoms with Crippen LogP contribution in [0.1, 0.15) is 19.1 Å². The number of hydrogen-bond acceptors (Lipinski definition) is 9. The molecule has 1 aromatic heterocycles. The van der Waals surface area contributed by atoms with Crippen LogP contribution in [0.2, 0.25) is 0 Å². The number of ether oxygens (including phenoxy) is 1. The molecule has 0 aromatic carbocycles. The zero-order valence-electron chi connectivity index (χ0n) is 13.8. The zero-order chi connectivity index (χ0) is 22.3. The molecule has 15 nitrogen and oxygen atoms in total. The molecule has 1 fully saturated rings. The van der Waals surface area contributed by atoms with Gasteiger partial charge in [-0.25, -0.2) is 22.9 Å². The number of aromatic amines is 1. The van der Waals surface area contributed by atoms with Gasteiger partial charge in [0, 0.05) is 6.42 Å². The molecule has 1 aromatic rings. The van der Waals surface area contributed by atoms with Crippen molar-refractivity contribution in [2.45, 2.75) is 24.9 Å². The lowest BCUT2D eigenvalue weighted by molar-refractivity contribution is -0.175. The largest absolute Gasteiger partial charge is 0.490 e. The molecule has 5 N–H and O–H groups in total. The van der Waals surface area contributed by atoms with Crippen molar-refractivity contribution in [3.63, 3.8) is 0 Å². The molecule has 166 valence electrons. The number of H-pyrrole nitrogens is 1. The molecule has 4 atom stereocenters. The van der Waals surface area contributed by atoms with Crippen LogP contribution < -0.4 is 11.2 Å². The minimum absolute atomic E-state index is 0.276. The summed E-state index contributed by atoms with van der Waals surface area (Å²) in [6.07, 6.45) is -1.83. The average Bonchev–Trinajstić information content (AvgIpc) is 2.88. The lowest BCUT2D eigenvalue weighted by Gasteiger charge is -2.23. The lowest BCUT2D eigenvalue weighted by Crippen LogP contribution is -2.35. The van der Waals surface area contributed by atoms with Crippen molar-refractivity contribution in [1.82, 2.24) is 9.55 Å².